The van der Waals surface area contributed by atoms with Gasteiger partial charge in [0.2, 0.25) is 5.91 Å². The Hall–Kier alpha value is -0.610. The number of carbonyl (C=O) groups excluding carboxylic acids is 1. The van der Waals surface area contributed by atoms with Gasteiger partial charge in [-0.3, -0.25) is 4.79 Å². The molecule has 3 aliphatic rings. The Morgan fingerprint density at radius 3 is 2.40 bits per heavy atom. The van der Waals surface area contributed by atoms with Crippen molar-refractivity contribution in [1.82, 2.24) is 10.2 Å². The average molecular weight is 280 g/mol. The predicted octanol–water partition coefficient (Wildman–Crippen LogP) is 1.81. The van der Waals surface area contributed by atoms with E-state index < -0.39 is 5.60 Å². The molecule has 0 radical (unpaired) electrons. The molecule has 114 valence electrons. The molecule has 2 bridgehead atoms. The molecule has 3 rings (SSSR count). The molecule has 0 aromatic heterocycles. The summed E-state index contributed by atoms with van der Waals surface area (Å²) in [4.78, 5) is 14.7. The van der Waals surface area contributed by atoms with E-state index in [4.69, 9.17) is 0 Å². The lowest BCUT2D eigenvalue weighted by molar-refractivity contribution is -0.127. The molecule has 2 unspecified atom stereocenters. The second kappa shape index (κ2) is 5.64. The van der Waals surface area contributed by atoms with Crippen LogP contribution in [0.25, 0.3) is 0 Å². The van der Waals surface area contributed by atoms with Gasteiger partial charge in [-0.25, -0.2) is 0 Å². The summed E-state index contributed by atoms with van der Waals surface area (Å²) in [5, 5.41) is 13.5. The van der Waals surface area contributed by atoms with Crippen LogP contribution in [0.4, 0.5) is 0 Å². The molecule has 2 saturated heterocycles. The summed E-state index contributed by atoms with van der Waals surface area (Å²) in [6.45, 7) is 0. The van der Waals surface area contributed by atoms with Crippen molar-refractivity contribution in [2.75, 3.05) is 7.05 Å². The van der Waals surface area contributed by atoms with E-state index in [9.17, 15) is 9.90 Å². The van der Waals surface area contributed by atoms with Gasteiger partial charge < -0.3 is 15.3 Å². The maximum Gasteiger partial charge on any atom is 0.223 e. The molecule has 1 saturated carbocycles. The summed E-state index contributed by atoms with van der Waals surface area (Å²) in [7, 11) is 2.23. The fraction of sp³-hybridized carbons (Fsp3) is 0.938. The molecule has 20 heavy (non-hydrogen) atoms. The summed E-state index contributed by atoms with van der Waals surface area (Å²) in [5.41, 5.74) is -0.717. The Labute approximate surface area is 121 Å². The highest BCUT2D eigenvalue weighted by molar-refractivity contribution is 5.77. The number of piperidine rings is 2. The molecule has 2 heterocycles. The summed E-state index contributed by atoms with van der Waals surface area (Å²) < 4.78 is 0. The number of hydrogen-bond acceptors (Lipinski definition) is 3. The third kappa shape index (κ3) is 3.01. The van der Waals surface area contributed by atoms with Gasteiger partial charge in [0.25, 0.3) is 0 Å². The van der Waals surface area contributed by atoms with Crippen molar-refractivity contribution in [3.8, 4) is 0 Å². The van der Waals surface area contributed by atoms with E-state index in [1.165, 1.54) is 19.3 Å². The maximum absolute atomic E-state index is 12.2. The third-order valence-electron chi connectivity index (χ3n) is 5.73. The van der Waals surface area contributed by atoms with Gasteiger partial charge in [-0.2, -0.15) is 0 Å². The summed E-state index contributed by atoms with van der Waals surface area (Å²) in [5.74, 6) is 0.0574. The molecule has 1 aliphatic carbocycles. The fourth-order valence-electron chi connectivity index (χ4n) is 4.52. The Bertz CT molecular complexity index is 351. The van der Waals surface area contributed by atoms with Crippen LogP contribution in [-0.4, -0.2) is 46.7 Å². The standard InChI is InChI=1S/C16H28N2O2/c1-18-13-5-4-6-14(18)10-12(9-13)17-15(19)11-16(20)7-2-3-8-16/h12-14,20H,2-11H2,1H3,(H,17,19). The number of aliphatic hydroxyl groups is 1. The van der Waals surface area contributed by atoms with Crippen molar-refractivity contribution in [2.24, 2.45) is 0 Å². The van der Waals surface area contributed by atoms with E-state index in [1.807, 2.05) is 0 Å². The van der Waals surface area contributed by atoms with Gasteiger partial charge in [0.15, 0.2) is 0 Å². The lowest BCUT2D eigenvalue weighted by atomic mass is 9.82. The van der Waals surface area contributed by atoms with Crippen molar-refractivity contribution < 1.29 is 9.90 Å². The topological polar surface area (TPSA) is 52.6 Å². The first kappa shape index (κ1) is 14.3. The smallest absolute Gasteiger partial charge is 0.223 e. The minimum atomic E-state index is -0.717. The predicted molar refractivity (Wildman–Crippen MR) is 78.4 cm³/mol. The first-order valence-electron chi connectivity index (χ1n) is 8.29. The summed E-state index contributed by atoms with van der Waals surface area (Å²) in [6.07, 6.45) is 10.0. The zero-order chi connectivity index (χ0) is 14.2. The molecule has 4 nitrogen and oxygen atoms in total. The van der Waals surface area contributed by atoms with E-state index >= 15 is 0 Å². The van der Waals surface area contributed by atoms with Crippen LogP contribution >= 0.6 is 0 Å². The SMILES string of the molecule is CN1C2CCCC1CC(NC(=O)CC1(O)CCCC1)C2. The number of fused-ring (bicyclic) bond motifs is 2. The average Bonchev–Trinajstić information content (AvgIpc) is 2.77. The number of hydrogen-bond donors (Lipinski definition) is 2. The van der Waals surface area contributed by atoms with Gasteiger partial charge in [0.1, 0.15) is 0 Å². The van der Waals surface area contributed by atoms with Crippen molar-refractivity contribution >= 4 is 5.91 Å². The van der Waals surface area contributed by atoms with E-state index in [2.05, 4.69) is 17.3 Å². The second-order valence-corrected chi connectivity index (χ2v) is 7.25. The lowest BCUT2D eigenvalue weighted by Crippen LogP contribution is -2.55. The highest BCUT2D eigenvalue weighted by Crippen LogP contribution is 2.34. The van der Waals surface area contributed by atoms with Crippen LogP contribution in [0.1, 0.15) is 64.2 Å². The van der Waals surface area contributed by atoms with Gasteiger partial charge in [-0.05, 0) is 45.6 Å². The number of amides is 1. The first-order chi connectivity index (χ1) is 9.56. The largest absolute Gasteiger partial charge is 0.389 e. The molecular formula is C16H28N2O2. The second-order valence-electron chi connectivity index (χ2n) is 7.25. The Kier molecular flexibility index (Phi) is 4.04. The highest BCUT2D eigenvalue weighted by Gasteiger charge is 2.38. The Morgan fingerprint density at radius 2 is 1.80 bits per heavy atom. The number of nitrogens with zero attached hydrogens (tertiary/aromatic N) is 1. The van der Waals surface area contributed by atoms with Crippen molar-refractivity contribution in [3.05, 3.63) is 0 Å². The van der Waals surface area contributed by atoms with Crippen molar-refractivity contribution in [3.63, 3.8) is 0 Å². The van der Waals surface area contributed by atoms with E-state index in [0.29, 0.717) is 24.5 Å². The zero-order valence-electron chi connectivity index (χ0n) is 12.6. The van der Waals surface area contributed by atoms with E-state index in [0.717, 1.165) is 38.5 Å². The molecule has 0 spiro atoms. The van der Waals surface area contributed by atoms with Gasteiger partial charge >= 0.3 is 0 Å². The van der Waals surface area contributed by atoms with Crippen LogP contribution in [-0.2, 0) is 4.79 Å². The van der Waals surface area contributed by atoms with Gasteiger partial charge in [0.05, 0.1) is 12.0 Å². The normalized spacial score (nSPS) is 36.8. The van der Waals surface area contributed by atoms with Crippen LogP contribution in [0.15, 0.2) is 0 Å². The van der Waals surface area contributed by atoms with Crippen LogP contribution in [0.2, 0.25) is 0 Å². The van der Waals surface area contributed by atoms with Gasteiger partial charge in [0, 0.05) is 18.1 Å². The van der Waals surface area contributed by atoms with Crippen LogP contribution < -0.4 is 5.32 Å². The molecule has 1 amide bonds. The number of nitrogens with one attached hydrogen (secondary N) is 1. The van der Waals surface area contributed by atoms with Gasteiger partial charge in [-0.1, -0.05) is 19.3 Å². The Morgan fingerprint density at radius 1 is 1.20 bits per heavy atom. The van der Waals surface area contributed by atoms with E-state index in [-0.39, 0.29) is 5.91 Å². The molecule has 0 aromatic carbocycles. The molecule has 2 atom stereocenters. The molecule has 2 aliphatic heterocycles. The number of rotatable bonds is 3. The minimum absolute atomic E-state index is 0.0574. The minimum Gasteiger partial charge on any atom is -0.389 e. The molecule has 2 N–H and O–H groups in total. The quantitative estimate of drug-likeness (QED) is 0.829. The highest BCUT2D eigenvalue weighted by atomic mass is 16.3. The van der Waals surface area contributed by atoms with Crippen LogP contribution in [0, 0.1) is 0 Å². The zero-order valence-corrected chi connectivity index (χ0v) is 12.6. The maximum atomic E-state index is 12.2. The lowest BCUT2D eigenvalue weighted by Gasteiger charge is -2.47. The molecular weight excluding hydrogens is 252 g/mol. The Balaban J connectivity index is 1.52. The molecule has 0 aromatic rings. The third-order valence-corrected chi connectivity index (χ3v) is 5.73. The van der Waals surface area contributed by atoms with Crippen molar-refractivity contribution in [2.45, 2.75) is 87.9 Å². The summed E-state index contributed by atoms with van der Waals surface area (Å²) >= 11 is 0. The monoisotopic (exact) mass is 280 g/mol. The van der Waals surface area contributed by atoms with E-state index in [1.54, 1.807) is 0 Å². The van der Waals surface area contributed by atoms with Crippen molar-refractivity contribution in [1.29, 1.82) is 0 Å². The summed E-state index contributed by atoms with van der Waals surface area (Å²) in [6, 6.07) is 1.60. The fourth-order valence-corrected chi connectivity index (χ4v) is 4.52. The van der Waals surface area contributed by atoms with Crippen LogP contribution in [0.3, 0.4) is 0 Å². The van der Waals surface area contributed by atoms with Gasteiger partial charge in [-0.15, -0.1) is 0 Å². The van der Waals surface area contributed by atoms with Crippen LogP contribution in [0.5, 0.6) is 0 Å². The number of carbonyl (C=O) groups is 1. The molecule has 4 heteroatoms. The molecule has 3 fully saturated rings. The first-order valence-corrected chi connectivity index (χ1v) is 8.29.